The average Bonchev–Trinajstić information content (AvgIpc) is 2.82. The number of nitrogen functional groups attached to an aromatic ring is 1. The van der Waals surface area contributed by atoms with E-state index in [1.165, 1.54) is 7.11 Å². The van der Waals surface area contributed by atoms with Gasteiger partial charge in [-0.2, -0.15) is 9.97 Å². The van der Waals surface area contributed by atoms with Gasteiger partial charge in [-0.3, -0.25) is 14.5 Å². The number of unbranched alkanes of at least 4 members (excludes halogenated alkanes) is 3. The molecule has 1 aromatic heterocycles. The van der Waals surface area contributed by atoms with E-state index < -0.39 is 0 Å². The standard InChI is InChI=1S/C23H40N6O4/c1-4-5-15-33-23-26-21(24)20(25-2)22(27-23)29(17-30)12-8-6-7-11-28-13-9-18(10-14-28)16-19(31)32-3/h17-18,25H,4-16H2,1-3H3,(H2,24,26,27). The number of amides is 1. The van der Waals surface area contributed by atoms with Crippen molar-refractivity contribution >= 4 is 29.7 Å². The van der Waals surface area contributed by atoms with Crippen LogP contribution in [0.2, 0.25) is 0 Å². The lowest BCUT2D eigenvalue weighted by Crippen LogP contribution is -2.35. The second-order valence-corrected chi connectivity index (χ2v) is 8.47. The number of hydrogen-bond acceptors (Lipinski definition) is 9. The Morgan fingerprint density at radius 3 is 2.64 bits per heavy atom. The Morgan fingerprint density at radius 1 is 1.24 bits per heavy atom. The Bertz CT molecular complexity index is 740. The summed E-state index contributed by atoms with van der Waals surface area (Å²) in [5.41, 5.74) is 6.59. The Hall–Kier alpha value is -2.62. The highest BCUT2D eigenvalue weighted by Gasteiger charge is 2.22. The van der Waals surface area contributed by atoms with Gasteiger partial charge in [0.15, 0.2) is 11.6 Å². The smallest absolute Gasteiger partial charge is 0.320 e. The fourth-order valence-corrected chi connectivity index (χ4v) is 4.00. The second kappa shape index (κ2) is 14.5. The van der Waals surface area contributed by atoms with Crippen LogP contribution >= 0.6 is 0 Å². The molecule has 10 nitrogen and oxygen atoms in total. The molecule has 1 aromatic rings. The Labute approximate surface area is 197 Å². The number of piperidine rings is 1. The molecule has 2 rings (SSSR count). The molecule has 33 heavy (non-hydrogen) atoms. The fraction of sp³-hybridized carbons (Fsp3) is 0.739. The van der Waals surface area contributed by atoms with Crippen LogP contribution in [0.4, 0.5) is 17.3 Å². The van der Waals surface area contributed by atoms with Crippen molar-refractivity contribution in [3.8, 4) is 6.01 Å². The van der Waals surface area contributed by atoms with Crippen LogP contribution in [0.1, 0.15) is 58.3 Å². The zero-order chi connectivity index (χ0) is 24.1. The van der Waals surface area contributed by atoms with E-state index in [0.717, 1.165) is 71.0 Å². The van der Waals surface area contributed by atoms with Gasteiger partial charge in [-0.1, -0.05) is 19.8 Å². The van der Waals surface area contributed by atoms with Crippen molar-refractivity contribution in [2.45, 2.75) is 58.3 Å². The number of carbonyl (C=O) groups excluding carboxylic acids is 2. The van der Waals surface area contributed by atoms with Gasteiger partial charge in [-0.15, -0.1) is 0 Å². The molecule has 0 spiro atoms. The van der Waals surface area contributed by atoms with Gasteiger partial charge in [0.05, 0.1) is 13.7 Å². The van der Waals surface area contributed by atoms with E-state index in [1.807, 2.05) is 0 Å². The molecule has 10 heteroatoms. The van der Waals surface area contributed by atoms with Crippen LogP contribution < -0.4 is 20.7 Å². The Kier molecular flexibility index (Phi) is 11.7. The zero-order valence-electron chi connectivity index (χ0n) is 20.3. The minimum atomic E-state index is -0.111. The van der Waals surface area contributed by atoms with Crippen molar-refractivity contribution in [3.05, 3.63) is 0 Å². The number of nitrogens with one attached hydrogen (secondary N) is 1. The third kappa shape index (κ3) is 8.68. The molecule has 0 unspecified atom stereocenters. The van der Waals surface area contributed by atoms with E-state index in [-0.39, 0.29) is 17.8 Å². The summed E-state index contributed by atoms with van der Waals surface area (Å²) in [7, 11) is 3.18. The maximum atomic E-state index is 11.8. The topological polar surface area (TPSA) is 123 Å². The molecule has 1 aliphatic rings. The van der Waals surface area contributed by atoms with Gasteiger partial charge in [0.1, 0.15) is 5.69 Å². The summed E-state index contributed by atoms with van der Waals surface area (Å²) in [4.78, 5) is 35.9. The van der Waals surface area contributed by atoms with Crippen LogP contribution in [-0.4, -0.2) is 74.2 Å². The lowest BCUT2D eigenvalue weighted by Gasteiger charge is -2.31. The maximum Gasteiger partial charge on any atom is 0.320 e. The molecule has 3 N–H and O–H groups in total. The van der Waals surface area contributed by atoms with Gasteiger partial charge in [0.25, 0.3) is 0 Å². The van der Waals surface area contributed by atoms with Crippen LogP contribution in [-0.2, 0) is 14.3 Å². The zero-order valence-corrected chi connectivity index (χ0v) is 20.3. The third-order valence-corrected chi connectivity index (χ3v) is 6.04. The number of ether oxygens (including phenoxy) is 2. The average molecular weight is 465 g/mol. The van der Waals surface area contributed by atoms with Gasteiger partial charge >= 0.3 is 12.0 Å². The molecule has 186 valence electrons. The Morgan fingerprint density at radius 2 is 2.00 bits per heavy atom. The maximum absolute atomic E-state index is 11.8. The summed E-state index contributed by atoms with van der Waals surface area (Å²) in [6.45, 7) is 6.21. The summed E-state index contributed by atoms with van der Waals surface area (Å²) in [6, 6.07) is 0.192. The SMILES string of the molecule is CCCCOc1nc(N)c(NC)c(N(C=O)CCCCCN2CCC(CC(=O)OC)CC2)n1. The molecule has 1 amide bonds. The van der Waals surface area contributed by atoms with Crippen molar-refractivity contribution in [2.24, 2.45) is 5.92 Å². The second-order valence-electron chi connectivity index (χ2n) is 8.47. The molecule has 1 aliphatic heterocycles. The number of anilines is 3. The highest BCUT2D eigenvalue weighted by Crippen LogP contribution is 2.30. The van der Waals surface area contributed by atoms with Crippen LogP contribution in [0.5, 0.6) is 6.01 Å². The fourth-order valence-electron chi connectivity index (χ4n) is 4.00. The molecule has 1 saturated heterocycles. The third-order valence-electron chi connectivity index (χ3n) is 6.04. The molecule has 2 heterocycles. The highest BCUT2D eigenvalue weighted by molar-refractivity contribution is 5.85. The molecule has 0 aromatic carbocycles. The minimum Gasteiger partial charge on any atom is -0.469 e. The molecule has 0 radical (unpaired) electrons. The molecule has 0 atom stereocenters. The van der Waals surface area contributed by atoms with Crippen molar-refractivity contribution in [2.75, 3.05) is 62.9 Å². The lowest BCUT2D eigenvalue weighted by atomic mass is 9.93. The first kappa shape index (κ1) is 26.6. The van der Waals surface area contributed by atoms with Gasteiger partial charge in [0.2, 0.25) is 6.41 Å². The van der Waals surface area contributed by atoms with Gasteiger partial charge in [-0.05, 0) is 57.7 Å². The number of likely N-dealkylation sites (tertiary alicyclic amines) is 1. The first-order chi connectivity index (χ1) is 16.0. The number of methoxy groups -OCH3 is 1. The first-order valence-electron chi connectivity index (χ1n) is 12.0. The predicted molar refractivity (Wildman–Crippen MR) is 129 cm³/mol. The number of hydrogen-bond donors (Lipinski definition) is 2. The van der Waals surface area contributed by atoms with Crippen molar-refractivity contribution in [3.63, 3.8) is 0 Å². The van der Waals surface area contributed by atoms with E-state index in [2.05, 4.69) is 27.1 Å². The number of rotatable bonds is 15. The van der Waals surface area contributed by atoms with Gasteiger partial charge < -0.3 is 25.4 Å². The van der Waals surface area contributed by atoms with E-state index in [4.69, 9.17) is 15.2 Å². The highest BCUT2D eigenvalue weighted by atomic mass is 16.5. The van der Waals surface area contributed by atoms with Crippen LogP contribution in [0.15, 0.2) is 0 Å². The van der Waals surface area contributed by atoms with E-state index >= 15 is 0 Å². The van der Waals surface area contributed by atoms with E-state index in [0.29, 0.717) is 37.0 Å². The lowest BCUT2D eigenvalue weighted by molar-refractivity contribution is -0.142. The van der Waals surface area contributed by atoms with Crippen molar-refractivity contribution in [1.82, 2.24) is 14.9 Å². The summed E-state index contributed by atoms with van der Waals surface area (Å²) in [5, 5.41) is 2.99. The van der Waals surface area contributed by atoms with E-state index in [1.54, 1.807) is 11.9 Å². The summed E-state index contributed by atoms with van der Waals surface area (Å²) in [5.74, 6) is 1.03. The number of nitrogens with two attached hydrogens (primary N) is 1. The first-order valence-corrected chi connectivity index (χ1v) is 12.0. The predicted octanol–water partition coefficient (Wildman–Crippen LogP) is 2.69. The van der Waals surface area contributed by atoms with E-state index in [9.17, 15) is 9.59 Å². The molecule has 0 saturated carbocycles. The summed E-state index contributed by atoms with van der Waals surface area (Å²) < 4.78 is 10.4. The van der Waals surface area contributed by atoms with Crippen LogP contribution in [0.25, 0.3) is 0 Å². The number of carbonyl (C=O) groups is 2. The van der Waals surface area contributed by atoms with Gasteiger partial charge in [-0.25, -0.2) is 0 Å². The Balaban J connectivity index is 1.79. The molecular formula is C23H40N6O4. The molecule has 1 fully saturated rings. The number of aromatic nitrogens is 2. The quantitative estimate of drug-likeness (QED) is 0.229. The monoisotopic (exact) mass is 464 g/mol. The van der Waals surface area contributed by atoms with Crippen LogP contribution in [0, 0.1) is 5.92 Å². The van der Waals surface area contributed by atoms with Crippen molar-refractivity contribution in [1.29, 1.82) is 0 Å². The molecular weight excluding hydrogens is 424 g/mol. The summed E-state index contributed by atoms with van der Waals surface area (Å²) in [6.07, 6.45) is 8.21. The molecule has 0 bridgehead atoms. The van der Waals surface area contributed by atoms with Gasteiger partial charge in [0, 0.05) is 20.0 Å². The molecule has 0 aliphatic carbocycles. The number of esters is 1. The minimum absolute atomic E-state index is 0.111. The number of nitrogens with zero attached hydrogens (tertiary/aromatic N) is 4. The van der Waals surface area contributed by atoms with Crippen molar-refractivity contribution < 1.29 is 19.1 Å². The van der Waals surface area contributed by atoms with Crippen LogP contribution in [0.3, 0.4) is 0 Å². The summed E-state index contributed by atoms with van der Waals surface area (Å²) >= 11 is 0. The largest absolute Gasteiger partial charge is 0.469 e. The normalized spacial score (nSPS) is 14.6.